The SMILES string of the molecule is CCCCc1ccc(OC(=O)C2CCC(/C=C/C#N)CC2)cc1. The summed E-state index contributed by atoms with van der Waals surface area (Å²) >= 11 is 0. The first kappa shape index (κ1) is 17.3. The van der Waals surface area contributed by atoms with Crippen LogP contribution in [0.2, 0.25) is 0 Å². The van der Waals surface area contributed by atoms with Crippen molar-refractivity contribution < 1.29 is 9.53 Å². The monoisotopic (exact) mass is 311 g/mol. The third-order valence-corrected chi connectivity index (χ3v) is 4.51. The molecule has 1 aliphatic rings. The first-order chi connectivity index (χ1) is 11.2. The predicted molar refractivity (Wildman–Crippen MR) is 90.9 cm³/mol. The molecule has 2 rings (SSSR count). The number of hydrogen-bond acceptors (Lipinski definition) is 3. The summed E-state index contributed by atoms with van der Waals surface area (Å²) in [4.78, 5) is 12.3. The molecule has 1 aromatic rings. The number of hydrogen-bond donors (Lipinski definition) is 0. The van der Waals surface area contributed by atoms with Crippen LogP contribution in [-0.2, 0) is 11.2 Å². The van der Waals surface area contributed by atoms with Gasteiger partial charge < -0.3 is 4.74 Å². The summed E-state index contributed by atoms with van der Waals surface area (Å²) in [5.74, 6) is 0.939. The summed E-state index contributed by atoms with van der Waals surface area (Å²) in [5.41, 5.74) is 1.29. The Morgan fingerprint density at radius 1 is 1.26 bits per heavy atom. The maximum atomic E-state index is 12.3. The van der Waals surface area contributed by atoms with Crippen LogP contribution in [0.1, 0.15) is 51.0 Å². The van der Waals surface area contributed by atoms with E-state index in [4.69, 9.17) is 10.00 Å². The van der Waals surface area contributed by atoms with E-state index in [1.54, 1.807) is 6.08 Å². The van der Waals surface area contributed by atoms with E-state index in [9.17, 15) is 4.79 Å². The van der Waals surface area contributed by atoms with Crippen molar-refractivity contribution in [3.63, 3.8) is 0 Å². The highest BCUT2D eigenvalue weighted by molar-refractivity contribution is 5.75. The highest BCUT2D eigenvalue weighted by atomic mass is 16.5. The van der Waals surface area contributed by atoms with Crippen LogP contribution in [0.15, 0.2) is 36.4 Å². The third-order valence-electron chi connectivity index (χ3n) is 4.51. The van der Waals surface area contributed by atoms with E-state index in [2.05, 4.69) is 6.92 Å². The molecule has 0 N–H and O–H groups in total. The smallest absolute Gasteiger partial charge is 0.314 e. The number of esters is 1. The largest absolute Gasteiger partial charge is 0.426 e. The molecule has 0 aromatic heterocycles. The van der Waals surface area contributed by atoms with E-state index in [-0.39, 0.29) is 11.9 Å². The van der Waals surface area contributed by atoms with Crippen LogP contribution in [0, 0.1) is 23.2 Å². The van der Waals surface area contributed by atoms with E-state index in [1.807, 2.05) is 36.4 Å². The first-order valence-electron chi connectivity index (χ1n) is 8.60. The summed E-state index contributed by atoms with van der Waals surface area (Å²) in [5, 5.41) is 8.56. The summed E-state index contributed by atoms with van der Waals surface area (Å²) in [7, 11) is 0. The molecule has 122 valence electrons. The van der Waals surface area contributed by atoms with Gasteiger partial charge in [-0.15, -0.1) is 0 Å². The number of ether oxygens (including phenoxy) is 1. The molecule has 0 bridgehead atoms. The minimum Gasteiger partial charge on any atom is -0.426 e. The predicted octanol–water partition coefficient (Wildman–Crippen LogP) is 4.82. The molecule has 0 aliphatic heterocycles. The summed E-state index contributed by atoms with van der Waals surface area (Å²) < 4.78 is 5.52. The first-order valence-corrected chi connectivity index (χ1v) is 8.60. The van der Waals surface area contributed by atoms with E-state index in [0.717, 1.165) is 32.1 Å². The molecule has 1 fully saturated rings. The van der Waals surface area contributed by atoms with Crippen LogP contribution >= 0.6 is 0 Å². The van der Waals surface area contributed by atoms with Crippen molar-refractivity contribution in [2.75, 3.05) is 0 Å². The molecule has 0 radical (unpaired) electrons. The van der Waals surface area contributed by atoms with Gasteiger partial charge in [-0.1, -0.05) is 31.6 Å². The number of rotatable bonds is 6. The maximum absolute atomic E-state index is 12.3. The van der Waals surface area contributed by atoms with E-state index in [0.29, 0.717) is 11.7 Å². The molecule has 1 saturated carbocycles. The minimum atomic E-state index is -0.117. The molecule has 0 atom stereocenters. The highest BCUT2D eigenvalue weighted by Gasteiger charge is 2.26. The number of nitriles is 1. The number of unbranched alkanes of at least 4 members (excludes halogenated alkanes) is 1. The lowest BCUT2D eigenvalue weighted by molar-refractivity contribution is -0.140. The Morgan fingerprint density at radius 3 is 2.57 bits per heavy atom. The van der Waals surface area contributed by atoms with Gasteiger partial charge >= 0.3 is 5.97 Å². The summed E-state index contributed by atoms with van der Waals surface area (Å²) in [6, 6.07) is 9.90. The van der Waals surface area contributed by atoms with Crippen LogP contribution in [0.25, 0.3) is 0 Å². The maximum Gasteiger partial charge on any atom is 0.314 e. The van der Waals surface area contributed by atoms with Gasteiger partial charge in [-0.25, -0.2) is 0 Å². The average Bonchev–Trinajstić information content (AvgIpc) is 2.59. The highest BCUT2D eigenvalue weighted by Crippen LogP contribution is 2.30. The molecule has 3 heteroatoms. The number of aryl methyl sites for hydroxylation is 1. The van der Waals surface area contributed by atoms with Crippen LogP contribution < -0.4 is 4.74 Å². The number of benzene rings is 1. The minimum absolute atomic E-state index is 0.0125. The lowest BCUT2D eigenvalue weighted by Crippen LogP contribution is -2.25. The van der Waals surface area contributed by atoms with Gasteiger partial charge in [0.15, 0.2) is 0 Å². The lowest BCUT2D eigenvalue weighted by Gasteiger charge is -2.25. The van der Waals surface area contributed by atoms with Gasteiger partial charge in [0, 0.05) is 6.08 Å². The molecule has 0 amide bonds. The number of carbonyl (C=O) groups is 1. The van der Waals surface area contributed by atoms with Gasteiger partial charge in [-0.2, -0.15) is 5.26 Å². The molecule has 0 unspecified atom stereocenters. The van der Waals surface area contributed by atoms with Crippen molar-refractivity contribution in [3.8, 4) is 11.8 Å². The van der Waals surface area contributed by atoms with Crippen molar-refractivity contribution in [1.29, 1.82) is 5.26 Å². The molecule has 0 heterocycles. The van der Waals surface area contributed by atoms with Gasteiger partial charge in [0.2, 0.25) is 0 Å². The van der Waals surface area contributed by atoms with Crippen molar-refractivity contribution in [2.45, 2.75) is 51.9 Å². The van der Waals surface area contributed by atoms with Gasteiger partial charge in [-0.05, 0) is 62.1 Å². The molecule has 1 aliphatic carbocycles. The Kier molecular flexibility index (Phi) is 6.87. The second-order valence-corrected chi connectivity index (χ2v) is 6.27. The number of allylic oxidation sites excluding steroid dienone is 2. The lowest BCUT2D eigenvalue weighted by atomic mass is 9.82. The fraction of sp³-hybridized carbons (Fsp3) is 0.500. The fourth-order valence-electron chi connectivity index (χ4n) is 3.03. The van der Waals surface area contributed by atoms with Crippen molar-refractivity contribution in [1.82, 2.24) is 0 Å². The van der Waals surface area contributed by atoms with Gasteiger partial charge in [-0.3, -0.25) is 4.79 Å². The molecular weight excluding hydrogens is 286 g/mol. The Labute approximate surface area is 139 Å². The van der Waals surface area contributed by atoms with Crippen LogP contribution in [0.4, 0.5) is 0 Å². The van der Waals surface area contributed by atoms with Gasteiger partial charge in [0.05, 0.1) is 12.0 Å². The Morgan fingerprint density at radius 2 is 1.96 bits per heavy atom. The summed E-state index contributed by atoms with van der Waals surface area (Å²) in [6.07, 6.45) is 10.5. The zero-order valence-corrected chi connectivity index (χ0v) is 13.8. The molecule has 3 nitrogen and oxygen atoms in total. The topological polar surface area (TPSA) is 50.1 Å². The number of carbonyl (C=O) groups excluding carboxylic acids is 1. The molecule has 0 spiro atoms. The zero-order valence-electron chi connectivity index (χ0n) is 13.8. The standard InChI is InChI=1S/C20H25NO2/c1-2-3-5-16-9-13-19(14-10-16)23-20(22)18-11-7-17(8-12-18)6-4-15-21/h4,6,9-10,13-14,17-18H,2-3,5,7-8,11-12H2,1H3/b6-4+. The molecule has 23 heavy (non-hydrogen) atoms. The zero-order chi connectivity index (χ0) is 16.5. The Bertz CT molecular complexity index is 560. The molecular formula is C20H25NO2. The second-order valence-electron chi connectivity index (χ2n) is 6.27. The second kappa shape index (κ2) is 9.15. The quantitative estimate of drug-likeness (QED) is 0.430. The average molecular weight is 311 g/mol. The molecule has 0 saturated heterocycles. The van der Waals surface area contributed by atoms with E-state index >= 15 is 0 Å². The third kappa shape index (κ3) is 5.56. The normalized spacial score (nSPS) is 21.0. The van der Waals surface area contributed by atoms with Crippen molar-refractivity contribution in [3.05, 3.63) is 42.0 Å². The Balaban J connectivity index is 1.81. The van der Waals surface area contributed by atoms with Gasteiger partial charge in [0.25, 0.3) is 0 Å². The van der Waals surface area contributed by atoms with Crippen molar-refractivity contribution >= 4 is 5.97 Å². The van der Waals surface area contributed by atoms with E-state index < -0.39 is 0 Å². The van der Waals surface area contributed by atoms with Crippen LogP contribution in [-0.4, -0.2) is 5.97 Å². The van der Waals surface area contributed by atoms with Gasteiger partial charge in [0.1, 0.15) is 5.75 Å². The Hall–Kier alpha value is -2.08. The van der Waals surface area contributed by atoms with Crippen LogP contribution in [0.3, 0.4) is 0 Å². The fourth-order valence-corrected chi connectivity index (χ4v) is 3.03. The van der Waals surface area contributed by atoms with Crippen molar-refractivity contribution in [2.24, 2.45) is 11.8 Å². The van der Waals surface area contributed by atoms with Crippen LogP contribution in [0.5, 0.6) is 5.75 Å². The summed E-state index contributed by atoms with van der Waals surface area (Å²) in [6.45, 7) is 2.18. The molecule has 1 aromatic carbocycles. The van der Waals surface area contributed by atoms with E-state index in [1.165, 1.54) is 18.4 Å². The number of nitrogens with zero attached hydrogens (tertiary/aromatic N) is 1.